The van der Waals surface area contributed by atoms with Crippen molar-refractivity contribution in [1.29, 1.82) is 0 Å². The largest absolute Gasteiger partial charge is 0.342 e. The van der Waals surface area contributed by atoms with Crippen molar-refractivity contribution in [3.05, 3.63) is 58.5 Å². The van der Waals surface area contributed by atoms with Gasteiger partial charge in [0.25, 0.3) is 0 Å². The Morgan fingerprint density at radius 1 is 1.23 bits per heavy atom. The monoisotopic (exact) mass is 423 g/mol. The molecule has 3 heterocycles. The molecular formula is C23H26ClN5O. The van der Waals surface area contributed by atoms with Crippen LogP contribution in [0.25, 0.3) is 5.65 Å². The Labute approximate surface area is 181 Å². The zero-order valence-corrected chi connectivity index (χ0v) is 18.0. The molecule has 6 nitrogen and oxygen atoms in total. The fourth-order valence-electron chi connectivity index (χ4n) is 5.01. The molecule has 7 heteroatoms. The Morgan fingerprint density at radius 3 is 3.00 bits per heavy atom. The second-order valence-electron chi connectivity index (χ2n) is 8.70. The van der Waals surface area contributed by atoms with Gasteiger partial charge in [0.05, 0.1) is 12.1 Å². The molecule has 1 saturated carbocycles. The predicted molar refractivity (Wildman–Crippen MR) is 116 cm³/mol. The molecule has 1 aliphatic carbocycles. The van der Waals surface area contributed by atoms with Crippen molar-refractivity contribution in [1.82, 2.24) is 24.7 Å². The number of carbonyl (C=O) groups excluding carboxylic acids is 1. The van der Waals surface area contributed by atoms with Crippen LogP contribution in [-0.2, 0) is 17.6 Å². The summed E-state index contributed by atoms with van der Waals surface area (Å²) >= 11 is 6.22. The molecule has 2 aromatic heterocycles. The summed E-state index contributed by atoms with van der Waals surface area (Å²) in [6.07, 6.45) is 7.40. The summed E-state index contributed by atoms with van der Waals surface area (Å²) in [6, 6.07) is 10.0. The summed E-state index contributed by atoms with van der Waals surface area (Å²) in [4.78, 5) is 15.0. The number of hydrogen-bond donors (Lipinski definition) is 0. The van der Waals surface area contributed by atoms with E-state index in [2.05, 4.69) is 34.2 Å². The van der Waals surface area contributed by atoms with Crippen molar-refractivity contribution < 1.29 is 4.79 Å². The second-order valence-corrected chi connectivity index (χ2v) is 9.11. The second kappa shape index (κ2) is 7.65. The SMILES string of the molecule is CCc1cc(CC(=O)N2CCCC3(CC2)CC3c2ccc3nncn3n2)ccc1Cl. The first-order valence-corrected chi connectivity index (χ1v) is 11.2. The summed E-state index contributed by atoms with van der Waals surface area (Å²) in [6.45, 7) is 3.76. The van der Waals surface area contributed by atoms with Crippen LogP contribution in [0.2, 0.25) is 5.02 Å². The number of aromatic nitrogens is 4. The number of hydrogen-bond acceptors (Lipinski definition) is 4. The fourth-order valence-corrected chi connectivity index (χ4v) is 5.26. The number of carbonyl (C=O) groups is 1. The maximum Gasteiger partial charge on any atom is 0.226 e. The fraction of sp³-hybridized carbons (Fsp3) is 0.478. The standard InChI is InChI=1S/C23H26ClN5O/c1-2-17-12-16(4-5-19(17)24)13-22(30)28-10-3-8-23(9-11-28)14-18(23)20-6-7-21-26-25-15-29(21)27-20/h4-7,12,15,18H,2-3,8-11,13-14H2,1H3. The van der Waals surface area contributed by atoms with Crippen molar-refractivity contribution in [2.45, 2.75) is 51.4 Å². The van der Waals surface area contributed by atoms with Crippen LogP contribution in [0.1, 0.15) is 55.3 Å². The van der Waals surface area contributed by atoms with E-state index in [0.29, 0.717) is 17.8 Å². The Kier molecular flexibility index (Phi) is 4.97. The molecule has 1 aliphatic heterocycles. The summed E-state index contributed by atoms with van der Waals surface area (Å²) in [5, 5.41) is 13.4. The third-order valence-corrected chi connectivity index (χ3v) is 7.28. The lowest BCUT2D eigenvalue weighted by molar-refractivity contribution is -0.130. The molecule has 1 saturated heterocycles. The van der Waals surface area contributed by atoms with Crippen molar-refractivity contribution in [2.24, 2.45) is 5.41 Å². The van der Waals surface area contributed by atoms with Gasteiger partial charge in [-0.2, -0.15) is 5.10 Å². The number of benzene rings is 1. The third kappa shape index (κ3) is 3.58. The lowest BCUT2D eigenvalue weighted by Crippen LogP contribution is -2.33. The smallest absolute Gasteiger partial charge is 0.226 e. The molecule has 5 rings (SSSR count). The Balaban J connectivity index is 1.24. The van der Waals surface area contributed by atoms with E-state index in [-0.39, 0.29) is 5.91 Å². The van der Waals surface area contributed by atoms with Gasteiger partial charge < -0.3 is 4.90 Å². The minimum Gasteiger partial charge on any atom is -0.342 e. The Hall–Kier alpha value is -2.47. The molecule has 1 spiro atoms. The van der Waals surface area contributed by atoms with Gasteiger partial charge in [-0.05, 0) is 66.8 Å². The minimum absolute atomic E-state index is 0.220. The van der Waals surface area contributed by atoms with Crippen LogP contribution in [0.5, 0.6) is 0 Å². The minimum atomic E-state index is 0.220. The van der Waals surface area contributed by atoms with Crippen LogP contribution in [0.4, 0.5) is 0 Å². The van der Waals surface area contributed by atoms with Crippen LogP contribution >= 0.6 is 11.6 Å². The average Bonchev–Trinajstić information content (AvgIpc) is 3.35. The molecule has 1 amide bonds. The molecule has 0 bridgehead atoms. The highest BCUT2D eigenvalue weighted by molar-refractivity contribution is 6.31. The maximum absolute atomic E-state index is 13.0. The number of aryl methyl sites for hydroxylation is 1. The zero-order chi connectivity index (χ0) is 20.7. The first-order valence-electron chi connectivity index (χ1n) is 10.8. The number of amides is 1. The molecule has 2 aliphatic rings. The molecule has 30 heavy (non-hydrogen) atoms. The van der Waals surface area contributed by atoms with E-state index in [1.807, 2.05) is 18.2 Å². The number of likely N-dealkylation sites (tertiary alicyclic amines) is 1. The zero-order valence-electron chi connectivity index (χ0n) is 17.2. The van der Waals surface area contributed by atoms with Gasteiger partial charge in [0, 0.05) is 24.0 Å². The molecule has 2 atom stereocenters. The Morgan fingerprint density at radius 2 is 2.13 bits per heavy atom. The number of rotatable bonds is 4. The van der Waals surface area contributed by atoms with Gasteiger partial charge in [0.1, 0.15) is 6.33 Å². The molecule has 1 aromatic carbocycles. The highest BCUT2D eigenvalue weighted by Crippen LogP contribution is 2.64. The summed E-state index contributed by atoms with van der Waals surface area (Å²) < 4.78 is 1.75. The molecule has 3 aromatic rings. The van der Waals surface area contributed by atoms with Gasteiger partial charge in [-0.3, -0.25) is 4.79 Å². The molecule has 0 radical (unpaired) electrons. The molecule has 0 N–H and O–H groups in total. The first-order chi connectivity index (χ1) is 14.6. The van der Waals surface area contributed by atoms with E-state index in [0.717, 1.165) is 72.7 Å². The summed E-state index contributed by atoms with van der Waals surface area (Å²) in [5.41, 5.74) is 4.35. The van der Waals surface area contributed by atoms with E-state index >= 15 is 0 Å². The number of halogens is 1. The lowest BCUT2D eigenvalue weighted by atomic mass is 9.93. The average molecular weight is 424 g/mol. The normalized spacial score (nSPS) is 23.7. The first kappa shape index (κ1) is 19.5. The molecule has 2 fully saturated rings. The summed E-state index contributed by atoms with van der Waals surface area (Å²) in [7, 11) is 0. The van der Waals surface area contributed by atoms with Gasteiger partial charge >= 0.3 is 0 Å². The molecular weight excluding hydrogens is 398 g/mol. The van der Waals surface area contributed by atoms with Gasteiger partial charge in [0.2, 0.25) is 5.91 Å². The van der Waals surface area contributed by atoms with Crippen molar-refractivity contribution in [2.75, 3.05) is 13.1 Å². The van der Waals surface area contributed by atoms with E-state index < -0.39 is 0 Å². The summed E-state index contributed by atoms with van der Waals surface area (Å²) in [5.74, 6) is 0.695. The van der Waals surface area contributed by atoms with E-state index in [4.69, 9.17) is 16.7 Å². The lowest BCUT2D eigenvalue weighted by Gasteiger charge is -2.21. The highest BCUT2D eigenvalue weighted by Gasteiger charge is 2.55. The van der Waals surface area contributed by atoms with E-state index in [1.165, 1.54) is 0 Å². The molecule has 156 valence electrons. The topological polar surface area (TPSA) is 63.4 Å². The van der Waals surface area contributed by atoms with Crippen LogP contribution < -0.4 is 0 Å². The van der Waals surface area contributed by atoms with Crippen molar-refractivity contribution in [3.8, 4) is 0 Å². The Bertz CT molecular complexity index is 1100. The van der Waals surface area contributed by atoms with Crippen LogP contribution in [-0.4, -0.2) is 43.7 Å². The van der Waals surface area contributed by atoms with E-state index in [9.17, 15) is 4.79 Å². The van der Waals surface area contributed by atoms with Crippen molar-refractivity contribution >= 4 is 23.2 Å². The van der Waals surface area contributed by atoms with Gasteiger partial charge in [0.15, 0.2) is 5.65 Å². The maximum atomic E-state index is 13.0. The van der Waals surface area contributed by atoms with Crippen molar-refractivity contribution in [3.63, 3.8) is 0 Å². The van der Waals surface area contributed by atoms with E-state index in [1.54, 1.807) is 10.8 Å². The van der Waals surface area contributed by atoms with Crippen LogP contribution in [0.3, 0.4) is 0 Å². The van der Waals surface area contributed by atoms with Gasteiger partial charge in [-0.15, -0.1) is 10.2 Å². The highest BCUT2D eigenvalue weighted by atomic mass is 35.5. The number of fused-ring (bicyclic) bond motifs is 1. The van der Waals surface area contributed by atoms with Crippen LogP contribution in [0.15, 0.2) is 36.7 Å². The number of nitrogens with zero attached hydrogens (tertiary/aromatic N) is 5. The predicted octanol–water partition coefficient (Wildman–Crippen LogP) is 4.07. The molecule has 2 unspecified atom stereocenters. The van der Waals surface area contributed by atoms with Gasteiger partial charge in [-0.25, -0.2) is 4.52 Å². The van der Waals surface area contributed by atoms with Gasteiger partial charge in [-0.1, -0.05) is 30.7 Å². The quantitative estimate of drug-likeness (QED) is 0.634. The third-order valence-electron chi connectivity index (χ3n) is 6.91. The van der Waals surface area contributed by atoms with Crippen LogP contribution in [0, 0.1) is 5.41 Å².